The smallest absolute Gasteiger partial charge is 0.337 e. The first-order valence-corrected chi connectivity index (χ1v) is 7.85. The first-order chi connectivity index (χ1) is 9.70. The van der Waals surface area contributed by atoms with E-state index in [0.29, 0.717) is 0 Å². The molecule has 0 aliphatic carbocycles. The van der Waals surface area contributed by atoms with Crippen molar-refractivity contribution in [2.45, 2.75) is 4.90 Å². The van der Waals surface area contributed by atoms with Crippen LogP contribution in [0.15, 0.2) is 21.5 Å². The number of benzene rings is 1. The van der Waals surface area contributed by atoms with Gasteiger partial charge in [0.05, 0.1) is 22.5 Å². The summed E-state index contributed by atoms with van der Waals surface area (Å²) in [6.07, 6.45) is 0. The Balaban J connectivity index is 2.47. The van der Waals surface area contributed by atoms with E-state index in [9.17, 15) is 13.2 Å². The molecule has 0 bridgehead atoms. The van der Waals surface area contributed by atoms with Crippen LogP contribution in [0.1, 0.15) is 10.4 Å². The number of aryl methyl sites for hydroxylation is 1. The molecular weight excluding hydrogens is 390 g/mol. The van der Waals surface area contributed by atoms with Crippen LogP contribution in [0.5, 0.6) is 0 Å². The molecule has 1 aromatic carbocycles. The Bertz CT molecular complexity index is 822. The second-order valence-electron chi connectivity index (χ2n) is 3.78. The maximum absolute atomic E-state index is 12.2. The number of carboxylic acid groups (broad SMARTS) is 1. The predicted molar refractivity (Wildman–Crippen MR) is 75.7 cm³/mol. The van der Waals surface area contributed by atoms with E-state index in [1.54, 1.807) is 0 Å². The normalized spacial score (nSPS) is 11.4. The van der Waals surface area contributed by atoms with Gasteiger partial charge in [0.25, 0.3) is 16.0 Å². The lowest BCUT2D eigenvalue weighted by atomic mass is 10.2. The highest BCUT2D eigenvalue weighted by molar-refractivity contribution is 9.10. The van der Waals surface area contributed by atoms with Gasteiger partial charge in [-0.2, -0.15) is 4.80 Å². The molecule has 112 valence electrons. The number of carboxylic acids is 1. The van der Waals surface area contributed by atoms with Crippen LogP contribution in [0.25, 0.3) is 0 Å². The van der Waals surface area contributed by atoms with Crippen molar-refractivity contribution in [2.75, 3.05) is 4.72 Å². The first-order valence-electron chi connectivity index (χ1n) is 5.20. The lowest BCUT2D eigenvalue weighted by Gasteiger charge is -2.08. The summed E-state index contributed by atoms with van der Waals surface area (Å²) in [5.41, 5.74) is -0.349. The van der Waals surface area contributed by atoms with Crippen LogP contribution in [0.2, 0.25) is 5.02 Å². The Morgan fingerprint density at radius 3 is 2.67 bits per heavy atom. The number of aromatic nitrogens is 4. The zero-order valence-corrected chi connectivity index (χ0v) is 13.4. The minimum absolute atomic E-state index is 0.0981. The standard InChI is InChI=1S/C9H7BrClN5O4S/c1-16-13-9(12-15-16)14-21(19,20)4-2-5(8(17)18)7(11)6(10)3-4/h2-3H,1H3,(H,13,14)(H,17,18). The zero-order valence-electron chi connectivity index (χ0n) is 10.3. The monoisotopic (exact) mass is 395 g/mol. The number of aromatic carboxylic acids is 1. The van der Waals surface area contributed by atoms with E-state index in [0.717, 1.165) is 10.9 Å². The summed E-state index contributed by atoms with van der Waals surface area (Å²) in [5.74, 6) is -1.59. The average Bonchev–Trinajstić information content (AvgIpc) is 2.76. The lowest BCUT2D eigenvalue weighted by Crippen LogP contribution is -2.15. The Morgan fingerprint density at radius 2 is 2.14 bits per heavy atom. The number of hydrogen-bond acceptors (Lipinski definition) is 6. The van der Waals surface area contributed by atoms with E-state index in [1.165, 1.54) is 13.1 Å². The van der Waals surface area contributed by atoms with Crippen molar-refractivity contribution in [3.05, 3.63) is 27.2 Å². The van der Waals surface area contributed by atoms with Crippen LogP contribution in [0.4, 0.5) is 5.95 Å². The maximum atomic E-state index is 12.2. The van der Waals surface area contributed by atoms with Gasteiger partial charge in [0.2, 0.25) is 0 Å². The molecule has 0 fully saturated rings. The summed E-state index contributed by atoms with van der Waals surface area (Å²) in [6, 6.07) is 2.11. The Morgan fingerprint density at radius 1 is 1.48 bits per heavy atom. The van der Waals surface area contributed by atoms with Gasteiger partial charge < -0.3 is 5.11 Å². The number of sulfonamides is 1. The van der Waals surface area contributed by atoms with Gasteiger partial charge in [-0.3, -0.25) is 0 Å². The summed E-state index contributed by atoms with van der Waals surface area (Å²) in [4.78, 5) is 11.8. The van der Waals surface area contributed by atoms with E-state index < -0.39 is 16.0 Å². The van der Waals surface area contributed by atoms with E-state index in [1.807, 2.05) is 0 Å². The highest BCUT2D eigenvalue weighted by Gasteiger charge is 2.22. The van der Waals surface area contributed by atoms with Gasteiger partial charge in [-0.1, -0.05) is 16.7 Å². The van der Waals surface area contributed by atoms with Crippen LogP contribution in [-0.2, 0) is 17.1 Å². The number of tetrazole rings is 1. The van der Waals surface area contributed by atoms with Crippen LogP contribution < -0.4 is 4.72 Å². The molecule has 2 rings (SSSR count). The molecule has 0 spiro atoms. The van der Waals surface area contributed by atoms with Gasteiger partial charge in [-0.05, 0) is 33.3 Å². The molecule has 0 saturated heterocycles. The second kappa shape index (κ2) is 5.58. The SMILES string of the molecule is Cn1nnc(NS(=O)(=O)c2cc(Br)c(Cl)c(C(=O)O)c2)n1. The van der Waals surface area contributed by atoms with Gasteiger partial charge in [0.15, 0.2) is 0 Å². The Kier molecular flexibility index (Phi) is 4.16. The number of nitrogens with one attached hydrogen (secondary N) is 1. The molecule has 2 aromatic rings. The second-order valence-corrected chi connectivity index (χ2v) is 6.69. The topological polar surface area (TPSA) is 127 Å². The van der Waals surface area contributed by atoms with Crippen molar-refractivity contribution < 1.29 is 18.3 Å². The Hall–Kier alpha value is -1.72. The number of halogens is 2. The zero-order chi connectivity index (χ0) is 15.8. The van der Waals surface area contributed by atoms with Crippen molar-refractivity contribution >= 4 is 49.5 Å². The molecule has 0 aliphatic heterocycles. The van der Waals surface area contributed by atoms with Crippen molar-refractivity contribution in [3.63, 3.8) is 0 Å². The summed E-state index contributed by atoms with van der Waals surface area (Å²) >= 11 is 8.80. The molecule has 0 atom stereocenters. The molecule has 1 aromatic heterocycles. The third-order valence-electron chi connectivity index (χ3n) is 2.28. The van der Waals surface area contributed by atoms with Gasteiger partial charge in [0.1, 0.15) is 0 Å². The fraction of sp³-hybridized carbons (Fsp3) is 0.111. The van der Waals surface area contributed by atoms with E-state index >= 15 is 0 Å². The van der Waals surface area contributed by atoms with E-state index in [4.69, 9.17) is 16.7 Å². The molecule has 2 N–H and O–H groups in total. The lowest BCUT2D eigenvalue weighted by molar-refractivity contribution is 0.0696. The average molecular weight is 397 g/mol. The predicted octanol–water partition coefficient (Wildman–Crippen LogP) is 1.12. The minimum atomic E-state index is -4.08. The first kappa shape index (κ1) is 15.7. The minimum Gasteiger partial charge on any atom is -0.478 e. The fourth-order valence-corrected chi connectivity index (χ4v) is 3.17. The molecule has 9 nitrogen and oxygen atoms in total. The third kappa shape index (κ3) is 3.31. The van der Waals surface area contributed by atoms with Crippen LogP contribution in [0.3, 0.4) is 0 Å². The van der Waals surface area contributed by atoms with Crippen LogP contribution >= 0.6 is 27.5 Å². The third-order valence-corrected chi connectivity index (χ3v) is 4.84. The molecule has 0 aliphatic rings. The van der Waals surface area contributed by atoms with Crippen LogP contribution in [0, 0.1) is 0 Å². The molecule has 0 radical (unpaired) electrons. The largest absolute Gasteiger partial charge is 0.478 e. The summed E-state index contributed by atoms with van der Waals surface area (Å²) in [7, 11) is -2.61. The number of hydrogen-bond donors (Lipinski definition) is 2. The molecular formula is C9H7BrClN5O4S. The number of rotatable bonds is 4. The van der Waals surface area contributed by atoms with Crippen LogP contribution in [-0.4, -0.2) is 39.7 Å². The van der Waals surface area contributed by atoms with Gasteiger partial charge in [-0.25, -0.2) is 17.9 Å². The molecule has 0 amide bonds. The van der Waals surface area contributed by atoms with E-state index in [-0.39, 0.29) is 25.9 Å². The molecule has 0 unspecified atom stereocenters. The maximum Gasteiger partial charge on any atom is 0.337 e. The fourth-order valence-electron chi connectivity index (χ4n) is 1.38. The summed E-state index contributed by atoms with van der Waals surface area (Å²) in [6.45, 7) is 0. The quantitative estimate of drug-likeness (QED) is 0.793. The summed E-state index contributed by atoms with van der Waals surface area (Å²) < 4.78 is 26.5. The van der Waals surface area contributed by atoms with Crippen molar-refractivity contribution in [1.82, 2.24) is 20.2 Å². The molecule has 0 saturated carbocycles. The van der Waals surface area contributed by atoms with Gasteiger partial charge in [0, 0.05) is 4.47 Å². The number of anilines is 1. The number of carbonyl (C=O) groups is 1. The van der Waals surface area contributed by atoms with Gasteiger partial charge in [-0.15, -0.1) is 5.10 Å². The highest BCUT2D eigenvalue weighted by atomic mass is 79.9. The van der Waals surface area contributed by atoms with Gasteiger partial charge >= 0.3 is 5.97 Å². The van der Waals surface area contributed by atoms with Crippen molar-refractivity contribution in [2.24, 2.45) is 7.05 Å². The number of nitrogens with zero attached hydrogens (tertiary/aromatic N) is 4. The van der Waals surface area contributed by atoms with Crippen molar-refractivity contribution in [1.29, 1.82) is 0 Å². The van der Waals surface area contributed by atoms with Crippen molar-refractivity contribution in [3.8, 4) is 0 Å². The Labute approximate surface area is 132 Å². The highest BCUT2D eigenvalue weighted by Crippen LogP contribution is 2.30. The molecule has 21 heavy (non-hydrogen) atoms. The molecule has 1 heterocycles. The van der Waals surface area contributed by atoms with E-state index in [2.05, 4.69) is 36.1 Å². The summed E-state index contributed by atoms with van der Waals surface area (Å²) in [5, 5.41) is 19.5. The molecule has 12 heteroatoms.